The molecule has 10 heteroatoms. The molecule has 242 valence electrons. The maximum Gasteiger partial charge on any atom is 0.235 e. The summed E-state index contributed by atoms with van der Waals surface area (Å²) >= 11 is 0. The molecule has 1 aliphatic carbocycles. The summed E-state index contributed by atoms with van der Waals surface area (Å²) in [7, 11) is 0. The van der Waals surface area contributed by atoms with Gasteiger partial charge < -0.3 is 34.9 Å². The van der Waals surface area contributed by atoms with Crippen LogP contribution in [0.2, 0.25) is 0 Å². The molecule has 0 spiro atoms. The van der Waals surface area contributed by atoms with Gasteiger partial charge in [-0.2, -0.15) is 0 Å². The third-order valence-corrected chi connectivity index (χ3v) is 11.8. The number of carboxylic acids is 1. The summed E-state index contributed by atoms with van der Waals surface area (Å²) in [5, 5.41) is 22.2. The maximum absolute atomic E-state index is 13.6. The predicted molar refractivity (Wildman–Crippen MR) is 166 cm³/mol. The average molecular weight is 628 g/mol. The molecule has 3 unspecified atom stereocenters. The summed E-state index contributed by atoms with van der Waals surface area (Å²) in [6, 6.07) is 10.9. The number of aryl methyl sites for hydroxylation is 1. The van der Waals surface area contributed by atoms with E-state index in [1.165, 1.54) is 11.8 Å². The summed E-state index contributed by atoms with van der Waals surface area (Å²) in [5.74, 6) is -2.65. The van der Waals surface area contributed by atoms with E-state index in [1.54, 1.807) is 18.2 Å². The Labute approximate surface area is 268 Å². The Bertz CT molecular complexity index is 1670. The van der Waals surface area contributed by atoms with Crippen LogP contribution in [0.3, 0.4) is 0 Å². The number of carbonyl (C=O) groups excluding carboxylic acids is 4. The van der Waals surface area contributed by atoms with Gasteiger partial charge in [-0.1, -0.05) is 31.2 Å². The first-order valence-electron chi connectivity index (χ1n) is 16.5. The number of quaternary nitrogens is 1. The number of aliphatic hydroxyl groups excluding tert-OH is 1. The molecule has 2 aromatic rings. The minimum Gasteiger partial charge on any atom is -0.543 e. The molecule has 4 fully saturated rings. The topological polar surface area (TPSA) is 150 Å². The third kappa shape index (κ3) is 4.76. The van der Waals surface area contributed by atoms with Crippen LogP contribution in [0.4, 0.5) is 0 Å². The van der Waals surface area contributed by atoms with Crippen LogP contribution in [0.15, 0.2) is 47.7 Å². The van der Waals surface area contributed by atoms with Crippen LogP contribution >= 0.6 is 0 Å². The van der Waals surface area contributed by atoms with E-state index in [0.29, 0.717) is 34.4 Å². The normalized spacial score (nSPS) is 29.7. The minimum atomic E-state index is -1.45. The van der Waals surface area contributed by atoms with E-state index in [-0.39, 0.29) is 35.3 Å². The molecule has 46 heavy (non-hydrogen) atoms. The SMILES string of the molecule is CC(O)C1C(=O)N2C(C(=O)[O-])=C(COc3cccc4c3-c3ccc(CCC[N+]56CCC(CC(N)=O)(CC5)CC6)cc3C4=O)[C@H](C)C12. The summed E-state index contributed by atoms with van der Waals surface area (Å²) in [5.41, 5.74) is 9.69. The van der Waals surface area contributed by atoms with E-state index >= 15 is 0 Å². The first kappa shape index (κ1) is 30.6. The van der Waals surface area contributed by atoms with Gasteiger partial charge in [0.05, 0.1) is 55.9 Å². The third-order valence-electron chi connectivity index (χ3n) is 11.8. The molecular weight excluding hydrogens is 586 g/mol. The van der Waals surface area contributed by atoms with E-state index in [4.69, 9.17) is 10.5 Å². The largest absolute Gasteiger partial charge is 0.543 e. The Kier molecular flexibility index (Phi) is 7.36. The van der Waals surface area contributed by atoms with Gasteiger partial charge in [-0.3, -0.25) is 14.4 Å². The number of ketones is 1. The van der Waals surface area contributed by atoms with Gasteiger partial charge in [0.1, 0.15) is 12.4 Å². The number of primary amides is 1. The quantitative estimate of drug-likeness (QED) is 0.244. The van der Waals surface area contributed by atoms with Gasteiger partial charge in [0.25, 0.3) is 0 Å². The van der Waals surface area contributed by atoms with Gasteiger partial charge >= 0.3 is 0 Å². The lowest BCUT2D eigenvalue weighted by molar-refractivity contribution is -0.945. The second kappa shape index (κ2) is 11.1. The molecule has 2 amide bonds. The Morgan fingerprint density at radius 1 is 1.11 bits per heavy atom. The summed E-state index contributed by atoms with van der Waals surface area (Å²) < 4.78 is 7.34. The number of aliphatic hydroxyl groups is 1. The van der Waals surface area contributed by atoms with Gasteiger partial charge in [0.2, 0.25) is 11.8 Å². The number of amides is 2. The maximum atomic E-state index is 13.6. The summed E-state index contributed by atoms with van der Waals surface area (Å²) in [6.07, 6.45) is 4.69. The van der Waals surface area contributed by atoms with Crippen molar-refractivity contribution in [2.45, 2.75) is 64.5 Å². The van der Waals surface area contributed by atoms with E-state index in [2.05, 4.69) is 6.07 Å². The number of hydrogen-bond donors (Lipinski definition) is 2. The molecule has 4 atom stereocenters. The minimum absolute atomic E-state index is 0.0598. The highest BCUT2D eigenvalue weighted by molar-refractivity contribution is 6.22. The second-order valence-corrected chi connectivity index (χ2v) is 14.3. The van der Waals surface area contributed by atoms with Crippen LogP contribution in [0.25, 0.3) is 11.1 Å². The van der Waals surface area contributed by atoms with Crippen molar-refractivity contribution in [2.75, 3.05) is 32.8 Å². The highest BCUT2D eigenvalue weighted by atomic mass is 16.5. The highest BCUT2D eigenvalue weighted by Crippen LogP contribution is 2.49. The Morgan fingerprint density at radius 2 is 1.83 bits per heavy atom. The number of hydrogen-bond acceptors (Lipinski definition) is 7. The van der Waals surface area contributed by atoms with Crippen molar-refractivity contribution in [3.63, 3.8) is 0 Å². The smallest absolute Gasteiger partial charge is 0.235 e. The van der Waals surface area contributed by atoms with Crippen LogP contribution < -0.4 is 15.6 Å². The van der Waals surface area contributed by atoms with Gasteiger partial charge in [0, 0.05) is 54.7 Å². The Balaban J connectivity index is 1.05. The first-order chi connectivity index (χ1) is 21.9. The molecule has 0 saturated carbocycles. The van der Waals surface area contributed by atoms with Crippen molar-refractivity contribution in [3.8, 4) is 16.9 Å². The molecule has 3 N–H and O–H groups in total. The number of benzene rings is 2. The monoisotopic (exact) mass is 627 g/mol. The number of β-lactam (4-membered cyclic amide) rings is 1. The Morgan fingerprint density at radius 3 is 2.48 bits per heavy atom. The van der Waals surface area contributed by atoms with Gasteiger partial charge in [0.15, 0.2) is 5.78 Å². The van der Waals surface area contributed by atoms with Crippen molar-refractivity contribution in [2.24, 2.45) is 23.0 Å². The van der Waals surface area contributed by atoms with Crippen LogP contribution in [0.5, 0.6) is 5.75 Å². The molecule has 6 aliphatic rings. The van der Waals surface area contributed by atoms with E-state index in [0.717, 1.165) is 73.9 Å². The number of carboxylic acid groups (broad SMARTS) is 1. The molecule has 4 saturated heterocycles. The molecule has 8 rings (SSSR count). The number of fused-ring (bicyclic) bond motifs is 7. The fraction of sp³-hybridized carbons (Fsp3) is 0.500. The van der Waals surface area contributed by atoms with Crippen LogP contribution in [0.1, 0.15) is 67.4 Å². The molecular formula is C36H41N3O7. The Hall–Kier alpha value is -4.02. The number of nitrogens with zero attached hydrogens (tertiary/aromatic N) is 2. The van der Waals surface area contributed by atoms with E-state index in [1.807, 2.05) is 19.1 Å². The first-order valence-corrected chi connectivity index (χ1v) is 16.5. The van der Waals surface area contributed by atoms with Crippen LogP contribution in [-0.2, 0) is 20.8 Å². The van der Waals surface area contributed by atoms with E-state index in [9.17, 15) is 29.4 Å². The lowest BCUT2D eigenvalue weighted by Gasteiger charge is -2.54. The standard InChI is InChI=1S/C36H41N3O7/c1-20-26(32(35(44)45)38-31(20)29(21(2)40)34(38)43)19-46-27-7-3-6-24-30(27)23-9-8-22(17-25(23)33(24)42)5-4-13-39-14-10-36(11-15-39,12-16-39)18-28(37)41/h3,6-9,17,20-21,29,31,40H,4-5,10-16,18-19H2,1-2H3,(H2-,37,41,44,45)/t20-,21?,29?,31?,36?,39?/m0/s1. The number of ether oxygens (including phenoxy) is 1. The van der Waals surface area contributed by atoms with Gasteiger partial charge in [-0.15, -0.1) is 0 Å². The van der Waals surface area contributed by atoms with Crippen LogP contribution in [-0.4, -0.2) is 83.0 Å². The number of rotatable bonds is 11. The zero-order valence-electron chi connectivity index (χ0n) is 26.4. The molecule has 5 aliphatic heterocycles. The molecule has 10 nitrogen and oxygen atoms in total. The number of nitrogens with two attached hydrogens (primary N) is 1. The summed E-state index contributed by atoms with van der Waals surface area (Å²) in [6.45, 7) is 7.68. The predicted octanol–water partition coefficient (Wildman–Crippen LogP) is 1.95. The fourth-order valence-corrected chi connectivity index (χ4v) is 9.12. The zero-order chi connectivity index (χ0) is 32.5. The van der Waals surface area contributed by atoms with Gasteiger partial charge in [-0.05, 0) is 47.6 Å². The van der Waals surface area contributed by atoms with Crippen molar-refractivity contribution in [1.29, 1.82) is 0 Å². The number of carbonyl (C=O) groups is 4. The molecule has 2 aromatic carbocycles. The zero-order valence-corrected chi connectivity index (χ0v) is 26.4. The van der Waals surface area contributed by atoms with Crippen molar-refractivity contribution in [1.82, 2.24) is 4.90 Å². The summed E-state index contributed by atoms with van der Waals surface area (Å²) in [4.78, 5) is 51.2. The van der Waals surface area contributed by atoms with Crippen LogP contribution in [0, 0.1) is 17.3 Å². The molecule has 5 heterocycles. The lowest BCUT2D eigenvalue weighted by Crippen LogP contribution is -2.64. The second-order valence-electron chi connectivity index (χ2n) is 14.3. The molecule has 0 aromatic heterocycles. The average Bonchev–Trinajstić information content (AvgIpc) is 3.44. The number of piperidine rings is 3. The highest BCUT2D eigenvalue weighted by Gasteiger charge is 2.58. The van der Waals surface area contributed by atoms with E-state index < -0.39 is 29.9 Å². The van der Waals surface area contributed by atoms with Gasteiger partial charge in [-0.25, -0.2) is 0 Å². The number of aliphatic carboxylic acids is 1. The van der Waals surface area contributed by atoms with Crippen molar-refractivity contribution >= 4 is 23.6 Å². The molecule has 0 radical (unpaired) electrons. The molecule has 2 bridgehead atoms. The lowest BCUT2D eigenvalue weighted by atomic mass is 9.68. The fourth-order valence-electron chi connectivity index (χ4n) is 9.12. The van der Waals surface area contributed by atoms with Crippen molar-refractivity contribution in [3.05, 3.63) is 64.4 Å². The van der Waals surface area contributed by atoms with Crippen molar-refractivity contribution < 1.29 is 38.6 Å².